The molecule has 134 valence electrons. The molecule has 0 saturated heterocycles. The van der Waals surface area contributed by atoms with Crippen molar-refractivity contribution in [3.8, 4) is 0 Å². The zero-order chi connectivity index (χ0) is 17.1. The van der Waals surface area contributed by atoms with E-state index in [0.717, 1.165) is 38.5 Å². The second-order valence-corrected chi connectivity index (χ2v) is 4.43. The van der Waals surface area contributed by atoms with Crippen LogP contribution in [-0.4, -0.2) is 17.9 Å². The fourth-order valence-electron chi connectivity index (χ4n) is 0.963. The predicted molar refractivity (Wildman–Crippen MR) is 73.6 cm³/mol. The third-order valence-corrected chi connectivity index (χ3v) is 2.20. The van der Waals surface area contributed by atoms with Gasteiger partial charge in [0.25, 0.3) is 0 Å². The normalized spacial score (nSPS) is 8.32. The number of unbranched alkanes of at least 4 members (excludes halogenated alkanes) is 3. The van der Waals surface area contributed by atoms with Crippen molar-refractivity contribution in [3.63, 3.8) is 0 Å². The molecule has 0 radical (unpaired) electrons. The van der Waals surface area contributed by atoms with Crippen LogP contribution in [0, 0.1) is 0 Å². The van der Waals surface area contributed by atoms with Gasteiger partial charge in [-0.1, -0.05) is 40.0 Å². The van der Waals surface area contributed by atoms with Gasteiger partial charge < -0.3 is 29.7 Å². The summed E-state index contributed by atoms with van der Waals surface area (Å²) in [5.74, 6) is -2.83. The Morgan fingerprint density at radius 2 is 0.773 bits per heavy atom. The molecule has 0 unspecified atom stereocenters. The molecule has 0 fully saturated rings. The van der Waals surface area contributed by atoms with Crippen molar-refractivity contribution in [1.29, 1.82) is 0 Å². The number of hydrogen-bond acceptors (Lipinski definition) is 6. The summed E-state index contributed by atoms with van der Waals surface area (Å²) in [6, 6.07) is 0. The molecule has 0 aromatic heterocycles. The molecular formula is C15H27AuO6. The number of carbonyl (C=O) groups excluding carboxylic acids is 3. The van der Waals surface area contributed by atoms with E-state index in [0.29, 0.717) is 0 Å². The standard InChI is InChI=1S/3C5H10O2.Au/c3*1-2-3-4-5(6)7;/h3*2-4H2,1H3,(H,6,7);/q;;;+3/p-3. The van der Waals surface area contributed by atoms with Crippen molar-refractivity contribution in [2.75, 3.05) is 0 Å². The van der Waals surface area contributed by atoms with E-state index >= 15 is 0 Å². The Kier molecular flexibility index (Phi) is 33.3. The molecule has 0 aromatic rings. The van der Waals surface area contributed by atoms with E-state index < -0.39 is 17.9 Å². The van der Waals surface area contributed by atoms with Crippen LogP contribution in [0.2, 0.25) is 0 Å². The van der Waals surface area contributed by atoms with Gasteiger partial charge >= 0.3 is 22.4 Å². The minimum atomic E-state index is -0.943. The largest absolute Gasteiger partial charge is 3.00 e. The van der Waals surface area contributed by atoms with Crippen LogP contribution in [-0.2, 0) is 36.8 Å². The Bertz CT molecular complexity index is 226. The topological polar surface area (TPSA) is 120 Å². The third-order valence-electron chi connectivity index (χ3n) is 2.20. The van der Waals surface area contributed by atoms with Crippen LogP contribution in [0.1, 0.15) is 78.6 Å². The number of carbonyl (C=O) groups is 3. The molecular weight excluding hydrogens is 473 g/mol. The number of carboxylic acids is 3. The van der Waals surface area contributed by atoms with Crippen LogP contribution >= 0.6 is 0 Å². The van der Waals surface area contributed by atoms with Gasteiger partial charge in [-0.3, -0.25) is 0 Å². The van der Waals surface area contributed by atoms with Crippen molar-refractivity contribution in [2.24, 2.45) is 0 Å². The fraction of sp³-hybridized carbons (Fsp3) is 0.800. The number of carboxylic acid groups (broad SMARTS) is 3. The first kappa shape index (κ1) is 29.2. The van der Waals surface area contributed by atoms with Gasteiger partial charge in [-0.05, 0) is 38.5 Å². The monoisotopic (exact) mass is 500 g/mol. The molecule has 0 bridgehead atoms. The van der Waals surface area contributed by atoms with E-state index in [4.69, 9.17) is 0 Å². The quantitative estimate of drug-likeness (QED) is 0.404. The Morgan fingerprint density at radius 3 is 0.818 bits per heavy atom. The zero-order valence-corrected chi connectivity index (χ0v) is 15.8. The Morgan fingerprint density at radius 1 is 0.591 bits per heavy atom. The SMILES string of the molecule is CCCCC(=O)[O-].CCCCC(=O)[O-].CCCCC(=O)[O-].[Au+3]. The Hall–Kier alpha value is -0.850. The van der Waals surface area contributed by atoms with Gasteiger partial charge in [0.1, 0.15) is 0 Å². The maximum Gasteiger partial charge on any atom is 3.00 e. The summed E-state index contributed by atoms with van der Waals surface area (Å²) in [4.78, 5) is 28.9. The van der Waals surface area contributed by atoms with E-state index in [9.17, 15) is 29.7 Å². The Balaban J connectivity index is -0.000000108. The van der Waals surface area contributed by atoms with Crippen molar-refractivity contribution in [1.82, 2.24) is 0 Å². The van der Waals surface area contributed by atoms with Gasteiger partial charge in [-0.15, -0.1) is 0 Å². The molecule has 0 aliphatic rings. The minimum Gasteiger partial charge on any atom is -0.550 e. The minimum absolute atomic E-state index is 0. The summed E-state index contributed by atoms with van der Waals surface area (Å²) in [5, 5.41) is 28.9. The summed E-state index contributed by atoms with van der Waals surface area (Å²) in [6.07, 6.45) is 5.60. The van der Waals surface area contributed by atoms with Gasteiger partial charge in [-0.2, -0.15) is 0 Å². The van der Waals surface area contributed by atoms with Crippen LogP contribution in [0.5, 0.6) is 0 Å². The maximum atomic E-state index is 9.65. The summed E-state index contributed by atoms with van der Waals surface area (Å²) in [5.41, 5.74) is 0. The molecule has 0 aliphatic heterocycles. The first-order valence-corrected chi connectivity index (χ1v) is 7.41. The molecule has 7 heteroatoms. The van der Waals surface area contributed by atoms with Crippen molar-refractivity contribution < 1.29 is 52.1 Å². The second-order valence-electron chi connectivity index (χ2n) is 4.43. The van der Waals surface area contributed by atoms with E-state index in [2.05, 4.69) is 0 Å². The van der Waals surface area contributed by atoms with Gasteiger partial charge in [0.2, 0.25) is 0 Å². The average Bonchev–Trinajstić information content (AvgIpc) is 2.41. The fourth-order valence-corrected chi connectivity index (χ4v) is 0.963. The second kappa shape index (κ2) is 25.1. The summed E-state index contributed by atoms with van der Waals surface area (Å²) in [7, 11) is 0. The molecule has 0 aliphatic carbocycles. The molecule has 0 saturated carbocycles. The molecule has 0 N–H and O–H groups in total. The van der Waals surface area contributed by atoms with Gasteiger partial charge in [0.05, 0.1) is 0 Å². The molecule has 6 nitrogen and oxygen atoms in total. The van der Waals surface area contributed by atoms with E-state index in [1.165, 1.54) is 0 Å². The van der Waals surface area contributed by atoms with E-state index in [1.807, 2.05) is 20.8 Å². The number of rotatable bonds is 9. The molecule has 0 atom stereocenters. The molecule has 0 spiro atoms. The van der Waals surface area contributed by atoms with E-state index in [-0.39, 0.29) is 41.6 Å². The third kappa shape index (κ3) is 50.7. The van der Waals surface area contributed by atoms with Crippen molar-refractivity contribution in [2.45, 2.75) is 78.6 Å². The Labute approximate surface area is 148 Å². The van der Waals surface area contributed by atoms with Gasteiger partial charge in [0.15, 0.2) is 0 Å². The van der Waals surface area contributed by atoms with Gasteiger partial charge in [0, 0.05) is 17.9 Å². The molecule has 0 heterocycles. The number of hydrogen-bond donors (Lipinski definition) is 0. The van der Waals surface area contributed by atoms with Crippen LogP contribution in [0.25, 0.3) is 0 Å². The summed E-state index contributed by atoms with van der Waals surface area (Å²) >= 11 is 0. The molecule has 0 rings (SSSR count). The molecule has 0 amide bonds. The van der Waals surface area contributed by atoms with Crippen molar-refractivity contribution in [3.05, 3.63) is 0 Å². The number of aliphatic carboxylic acids is 3. The van der Waals surface area contributed by atoms with Crippen LogP contribution in [0.3, 0.4) is 0 Å². The smallest absolute Gasteiger partial charge is 0.550 e. The maximum absolute atomic E-state index is 9.65. The first-order chi connectivity index (χ1) is 9.81. The van der Waals surface area contributed by atoms with Crippen LogP contribution in [0.15, 0.2) is 0 Å². The van der Waals surface area contributed by atoms with Crippen molar-refractivity contribution >= 4 is 17.9 Å². The average molecular weight is 500 g/mol. The van der Waals surface area contributed by atoms with Crippen LogP contribution in [0.4, 0.5) is 0 Å². The molecule has 22 heavy (non-hydrogen) atoms. The van der Waals surface area contributed by atoms with Gasteiger partial charge in [-0.25, -0.2) is 0 Å². The molecule has 0 aromatic carbocycles. The summed E-state index contributed by atoms with van der Waals surface area (Å²) < 4.78 is 0. The first-order valence-electron chi connectivity index (χ1n) is 7.41. The van der Waals surface area contributed by atoms with E-state index in [1.54, 1.807) is 0 Å². The predicted octanol–water partition coefficient (Wildman–Crippen LogP) is -0.223. The zero-order valence-electron chi connectivity index (χ0n) is 13.6. The van der Waals surface area contributed by atoms with Crippen LogP contribution < -0.4 is 15.3 Å². The summed E-state index contributed by atoms with van der Waals surface area (Å²) in [6.45, 7) is 5.84.